The van der Waals surface area contributed by atoms with Gasteiger partial charge in [0.2, 0.25) is 0 Å². The highest BCUT2D eigenvalue weighted by Crippen LogP contribution is 2.31. The van der Waals surface area contributed by atoms with Crippen LogP contribution in [0.3, 0.4) is 0 Å². The Bertz CT molecular complexity index is 1480. The SMILES string of the molecule is O=C(N/N=C/c1ccc(OCc2ccc(OC(F)(F)F)cc2)c2ccccc12)c1cc(Cl)c(O)cc1Cl. The number of phenols is 1. The van der Waals surface area contributed by atoms with E-state index in [1.807, 2.05) is 24.3 Å². The number of amides is 1. The van der Waals surface area contributed by atoms with Gasteiger partial charge in [0.05, 0.1) is 21.8 Å². The van der Waals surface area contributed by atoms with E-state index in [-0.39, 0.29) is 33.7 Å². The van der Waals surface area contributed by atoms with E-state index in [2.05, 4.69) is 15.3 Å². The molecule has 0 aromatic heterocycles. The zero-order valence-corrected chi connectivity index (χ0v) is 20.2. The summed E-state index contributed by atoms with van der Waals surface area (Å²) in [6, 6.07) is 18.7. The van der Waals surface area contributed by atoms with Gasteiger partial charge in [0.1, 0.15) is 23.9 Å². The van der Waals surface area contributed by atoms with Crippen molar-refractivity contribution >= 4 is 46.1 Å². The number of alkyl halides is 3. The number of aromatic hydroxyl groups is 1. The van der Waals surface area contributed by atoms with Crippen LogP contribution < -0.4 is 14.9 Å². The second-order valence-electron chi connectivity index (χ2n) is 7.66. The summed E-state index contributed by atoms with van der Waals surface area (Å²) < 4.78 is 46.8. The van der Waals surface area contributed by atoms with E-state index in [0.29, 0.717) is 16.9 Å². The van der Waals surface area contributed by atoms with E-state index in [1.54, 1.807) is 12.1 Å². The number of carbonyl (C=O) groups is 1. The lowest BCUT2D eigenvalue weighted by atomic mass is 10.0. The predicted octanol–water partition coefficient (Wildman–Crippen LogP) is 7.09. The molecule has 0 aliphatic carbocycles. The maximum Gasteiger partial charge on any atom is 0.573 e. The third-order valence-corrected chi connectivity index (χ3v) is 5.74. The molecule has 0 bridgehead atoms. The molecule has 0 aliphatic rings. The molecule has 0 heterocycles. The van der Waals surface area contributed by atoms with E-state index < -0.39 is 12.3 Å². The molecule has 0 atom stereocenters. The average Bonchev–Trinajstić information content (AvgIpc) is 2.85. The molecule has 11 heteroatoms. The zero-order valence-electron chi connectivity index (χ0n) is 18.7. The molecule has 0 radical (unpaired) electrons. The normalized spacial score (nSPS) is 11.6. The molecule has 4 aromatic rings. The summed E-state index contributed by atoms with van der Waals surface area (Å²) in [7, 11) is 0. The van der Waals surface area contributed by atoms with Gasteiger partial charge in [0.25, 0.3) is 5.91 Å². The van der Waals surface area contributed by atoms with Crippen molar-refractivity contribution in [2.24, 2.45) is 5.10 Å². The van der Waals surface area contributed by atoms with Crippen molar-refractivity contribution in [1.29, 1.82) is 0 Å². The number of carbonyl (C=O) groups excluding carboxylic acids is 1. The number of hydrogen-bond donors (Lipinski definition) is 2. The number of fused-ring (bicyclic) bond motifs is 1. The number of nitrogens with one attached hydrogen (secondary N) is 1. The molecule has 1 amide bonds. The molecule has 2 N–H and O–H groups in total. The van der Waals surface area contributed by atoms with Crippen LogP contribution in [0.2, 0.25) is 10.0 Å². The van der Waals surface area contributed by atoms with Crippen molar-refractivity contribution in [1.82, 2.24) is 5.43 Å². The maximum absolute atomic E-state index is 12.4. The highest BCUT2D eigenvalue weighted by Gasteiger charge is 2.30. The molecule has 37 heavy (non-hydrogen) atoms. The molecule has 0 aliphatic heterocycles. The number of phenolic OH excluding ortho intramolecular Hbond substituents is 1. The Labute approximate surface area is 218 Å². The van der Waals surface area contributed by atoms with Crippen molar-refractivity contribution in [3.63, 3.8) is 0 Å². The molecule has 4 rings (SSSR count). The Balaban J connectivity index is 1.47. The number of nitrogens with zero attached hydrogens (tertiary/aromatic N) is 1. The number of halogens is 5. The smallest absolute Gasteiger partial charge is 0.506 e. The van der Waals surface area contributed by atoms with Gasteiger partial charge in [0, 0.05) is 17.0 Å². The van der Waals surface area contributed by atoms with Crippen molar-refractivity contribution < 1.29 is 32.5 Å². The van der Waals surface area contributed by atoms with Crippen molar-refractivity contribution in [3.05, 3.63) is 99.5 Å². The summed E-state index contributed by atoms with van der Waals surface area (Å²) in [4.78, 5) is 12.4. The van der Waals surface area contributed by atoms with Gasteiger partial charge >= 0.3 is 6.36 Å². The van der Waals surface area contributed by atoms with Crippen molar-refractivity contribution in [3.8, 4) is 17.2 Å². The Morgan fingerprint density at radius 1 is 0.973 bits per heavy atom. The topological polar surface area (TPSA) is 80.2 Å². The number of benzene rings is 4. The van der Waals surface area contributed by atoms with Crippen LogP contribution in [0.25, 0.3) is 10.8 Å². The monoisotopic (exact) mass is 548 g/mol. The fraction of sp³-hybridized carbons (Fsp3) is 0.0769. The lowest BCUT2D eigenvalue weighted by Gasteiger charge is -2.12. The molecule has 0 saturated carbocycles. The summed E-state index contributed by atoms with van der Waals surface area (Å²) >= 11 is 11.8. The highest BCUT2D eigenvalue weighted by molar-refractivity contribution is 6.36. The van der Waals surface area contributed by atoms with Gasteiger partial charge in [-0.3, -0.25) is 4.79 Å². The van der Waals surface area contributed by atoms with Crippen LogP contribution in [0.4, 0.5) is 13.2 Å². The van der Waals surface area contributed by atoms with E-state index in [0.717, 1.165) is 10.8 Å². The van der Waals surface area contributed by atoms with E-state index in [1.165, 1.54) is 42.6 Å². The Morgan fingerprint density at radius 2 is 1.68 bits per heavy atom. The van der Waals surface area contributed by atoms with Crippen LogP contribution in [-0.4, -0.2) is 23.6 Å². The summed E-state index contributed by atoms with van der Waals surface area (Å²) in [5.41, 5.74) is 3.76. The standard InChI is InChI=1S/C26H17Cl2F3N2O4/c27-21-12-23(34)22(28)11-20(21)25(35)33-32-13-16-7-10-24(19-4-2-1-3-18(16)19)36-14-15-5-8-17(9-6-15)37-26(29,30)31/h1-13,34H,14H2,(H,33,35)/b32-13+. The number of hydrazone groups is 1. The maximum atomic E-state index is 12.4. The molecule has 0 saturated heterocycles. The van der Waals surface area contributed by atoms with Gasteiger partial charge in [-0.05, 0) is 41.3 Å². The van der Waals surface area contributed by atoms with Gasteiger partial charge in [-0.1, -0.05) is 59.6 Å². The molecule has 4 aromatic carbocycles. The van der Waals surface area contributed by atoms with Crippen LogP contribution in [0, 0.1) is 0 Å². The molecule has 6 nitrogen and oxygen atoms in total. The van der Waals surface area contributed by atoms with Gasteiger partial charge in [0.15, 0.2) is 0 Å². The minimum absolute atomic E-state index is 0.0177. The second kappa shape index (κ2) is 11.0. The van der Waals surface area contributed by atoms with Crippen LogP contribution in [0.15, 0.2) is 77.9 Å². The van der Waals surface area contributed by atoms with Gasteiger partial charge in [-0.2, -0.15) is 5.10 Å². The zero-order chi connectivity index (χ0) is 26.6. The number of rotatable bonds is 7. The lowest BCUT2D eigenvalue weighted by Crippen LogP contribution is -2.18. The summed E-state index contributed by atoms with van der Waals surface area (Å²) in [5, 5.41) is 15.1. The summed E-state index contributed by atoms with van der Waals surface area (Å²) in [6.07, 6.45) is -3.30. The molecular weight excluding hydrogens is 532 g/mol. The van der Waals surface area contributed by atoms with Crippen LogP contribution in [0.5, 0.6) is 17.2 Å². The second-order valence-corrected chi connectivity index (χ2v) is 8.48. The van der Waals surface area contributed by atoms with E-state index >= 15 is 0 Å². The van der Waals surface area contributed by atoms with Gasteiger partial charge in [-0.15, -0.1) is 13.2 Å². The van der Waals surface area contributed by atoms with Crippen LogP contribution >= 0.6 is 23.2 Å². The van der Waals surface area contributed by atoms with Crippen LogP contribution in [-0.2, 0) is 6.61 Å². The first-order valence-electron chi connectivity index (χ1n) is 10.6. The molecule has 0 unspecified atom stereocenters. The molecule has 190 valence electrons. The average molecular weight is 549 g/mol. The Morgan fingerprint density at radius 3 is 2.38 bits per heavy atom. The largest absolute Gasteiger partial charge is 0.573 e. The molecule has 0 fully saturated rings. The molecular formula is C26H17Cl2F3N2O4. The highest BCUT2D eigenvalue weighted by atomic mass is 35.5. The quantitative estimate of drug-likeness (QED) is 0.191. The van der Waals surface area contributed by atoms with Crippen molar-refractivity contribution in [2.45, 2.75) is 13.0 Å². The Kier molecular flexibility index (Phi) is 7.75. The first kappa shape index (κ1) is 26.1. The first-order valence-corrected chi connectivity index (χ1v) is 11.4. The van der Waals surface area contributed by atoms with Gasteiger partial charge in [-0.25, -0.2) is 5.43 Å². The number of hydrogen-bond acceptors (Lipinski definition) is 5. The summed E-state index contributed by atoms with van der Waals surface area (Å²) in [6.45, 7) is 0.121. The number of ether oxygens (including phenoxy) is 2. The van der Waals surface area contributed by atoms with Gasteiger partial charge < -0.3 is 14.6 Å². The minimum atomic E-state index is -4.75. The fourth-order valence-electron chi connectivity index (χ4n) is 3.41. The third-order valence-electron chi connectivity index (χ3n) is 5.12. The van der Waals surface area contributed by atoms with Crippen molar-refractivity contribution in [2.75, 3.05) is 0 Å². The minimum Gasteiger partial charge on any atom is -0.506 e. The first-order chi connectivity index (χ1) is 17.6. The third kappa shape index (κ3) is 6.63. The predicted molar refractivity (Wildman–Crippen MR) is 135 cm³/mol. The van der Waals surface area contributed by atoms with E-state index in [4.69, 9.17) is 27.9 Å². The van der Waals surface area contributed by atoms with Crippen LogP contribution in [0.1, 0.15) is 21.5 Å². The lowest BCUT2D eigenvalue weighted by molar-refractivity contribution is -0.274. The summed E-state index contributed by atoms with van der Waals surface area (Å²) in [5.74, 6) is -0.613. The molecule has 0 spiro atoms. The Hall–Kier alpha value is -3.95. The fourth-order valence-corrected chi connectivity index (χ4v) is 3.82. The van der Waals surface area contributed by atoms with E-state index in [9.17, 15) is 23.1 Å².